The Bertz CT molecular complexity index is 417. The molecule has 2 rings (SSSR count). The van der Waals surface area contributed by atoms with Gasteiger partial charge in [-0.2, -0.15) is 0 Å². The molecule has 1 aromatic carbocycles. The maximum absolute atomic E-state index is 11.4. The number of rotatable bonds is 4. The Morgan fingerprint density at radius 3 is 2.53 bits per heavy atom. The number of nitrogens with zero attached hydrogens (tertiary/aromatic N) is 1. The maximum Gasteiger partial charge on any atom is 0.288 e. The SMILES string of the molecule is NNc1ccc(CCN2C(=O)CSC2=O)cc1. The van der Waals surface area contributed by atoms with Crippen molar-refractivity contribution >= 4 is 28.6 Å². The number of nitrogen functional groups attached to an aromatic ring is 1. The third-order valence-corrected chi connectivity index (χ3v) is 3.44. The van der Waals surface area contributed by atoms with E-state index in [0.29, 0.717) is 13.0 Å². The summed E-state index contributed by atoms with van der Waals surface area (Å²) in [6.45, 7) is 0.445. The van der Waals surface area contributed by atoms with Crippen molar-refractivity contribution in [3.05, 3.63) is 29.8 Å². The molecule has 0 radical (unpaired) electrons. The van der Waals surface area contributed by atoms with E-state index in [4.69, 9.17) is 5.84 Å². The van der Waals surface area contributed by atoms with Crippen LogP contribution in [-0.4, -0.2) is 28.3 Å². The smallest absolute Gasteiger partial charge is 0.288 e. The molecule has 1 saturated heterocycles. The van der Waals surface area contributed by atoms with Crippen molar-refractivity contribution in [2.45, 2.75) is 6.42 Å². The molecule has 6 heteroatoms. The summed E-state index contributed by atoms with van der Waals surface area (Å²) in [6, 6.07) is 7.57. The summed E-state index contributed by atoms with van der Waals surface area (Å²) in [5, 5.41) is -0.143. The van der Waals surface area contributed by atoms with E-state index in [2.05, 4.69) is 5.43 Å². The zero-order valence-electron chi connectivity index (χ0n) is 9.18. The van der Waals surface area contributed by atoms with Crippen LogP contribution in [0.5, 0.6) is 0 Å². The van der Waals surface area contributed by atoms with Crippen LogP contribution in [0.15, 0.2) is 24.3 Å². The molecule has 0 unspecified atom stereocenters. The van der Waals surface area contributed by atoms with Crippen LogP contribution in [0.2, 0.25) is 0 Å². The van der Waals surface area contributed by atoms with E-state index in [0.717, 1.165) is 23.0 Å². The number of anilines is 1. The fourth-order valence-electron chi connectivity index (χ4n) is 1.61. The van der Waals surface area contributed by atoms with Crippen molar-refractivity contribution in [3.63, 3.8) is 0 Å². The summed E-state index contributed by atoms with van der Waals surface area (Å²) in [6.07, 6.45) is 0.670. The Morgan fingerprint density at radius 1 is 1.29 bits per heavy atom. The molecule has 1 fully saturated rings. The minimum Gasteiger partial charge on any atom is -0.324 e. The molecular weight excluding hydrogens is 238 g/mol. The molecule has 5 nitrogen and oxygen atoms in total. The molecule has 0 bridgehead atoms. The predicted molar refractivity (Wildman–Crippen MR) is 67.5 cm³/mol. The van der Waals surface area contributed by atoms with Gasteiger partial charge in [0.05, 0.1) is 5.75 Å². The van der Waals surface area contributed by atoms with Gasteiger partial charge in [0, 0.05) is 12.2 Å². The first-order chi connectivity index (χ1) is 8.20. The second-order valence-electron chi connectivity index (χ2n) is 3.69. The summed E-state index contributed by atoms with van der Waals surface area (Å²) in [7, 11) is 0. The summed E-state index contributed by atoms with van der Waals surface area (Å²) in [5.74, 6) is 5.44. The van der Waals surface area contributed by atoms with E-state index in [1.807, 2.05) is 24.3 Å². The molecule has 90 valence electrons. The minimum atomic E-state index is -0.143. The van der Waals surface area contributed by atoms with E-state index in [-0.39, 0.29) is 16.9 Å². The zero-order valence-corrected chi connectivity index (χ0v) is 10.00. The van der Waals surface area contributed by atoms with E-state index in [1.54, 1.807) is 0 Å². The number of imide groups is 1. The Hall–Kier alpha value is -1.53. The molecule has 0 aromatic heterocycles. The van der Waals surface area contributed by atoms with Gasteiger partial charge >= 0.3 is 0 Å². The maximum atomic E-state index is 11.4. The van der Waals surface area contributed by atoms with Crippen LogP contribution in [0.4, 0.5) is 10.5 Å². The Balaban J connectivity index is 1.93. The molecule has 2 amide bonds. The van der Waals surface area contributed by atoms with Crippen molar-refractivity contribution in [3.8, 4) is 0 Å². The van der Waals surface area contributed by atoms with Gasteiger partial charge in [-0.05, 0) is 24.1 Å². The average molecular weight is 251 g/mol. The highest BCUT2D eigenvalue weighted by Gasteiger charge is 2.29. The molecule has 1 aliphatic heterocycles. The average Bonchev–Trinajstić information content (AvgIpc) is 2.67. The number of thioether (sulfide) groups is 1. The van der Waals surface area contributed by atoms with Crippen molar-refractivity contribution in [2.24, 2.45) is 5.84 Å². The molecule has 1 aliphatic rings. The molecule has 0 spiro atoms. The van der Waals surface area contributed by atoms with Gasteiger partial charge in [-0.25, -0.2) is 0 Å². The first kappa shape index (κ1) is 11.9. The summed E-state index contributed by atoms with van der Waals surface area (Å²) in [5.41, 5.74) is 4.45. The van der Waals surface area contributed by atoms with Crippen LogP contribution in [0.3, 0.4) is 0 Å². The highest BCUT2D eigenvalue weighted by molar-refractivity contribution is 8.14. The first-order valence-corrected chi connectivity index (χ1v) is 6.22. The Labute approximate surface area is 103 Å². The van der Waals surface area contributed by atoms with Gasteiger partial charge in [-0.3, -0.25) is 20.3 Å². The summed E-state index contributed by atoms with van der Waals surface area (Å²) < 4.78 is 0. The lowest BCUT2D eigenvalue weighted by Gasteiger charge is -2.12. The standard InChI is InChI=1S/C11H13N3O2S/c12-13-9-3-1-8(2-4-9)5-6-14-10(15)7-17-11(14)16/h1-4,13H,5-7,12H2. The van der Waals surface area contributed by atoms with Crippen molar-refractivity contribution in [1.82, 2.24) is 4.90 Å². The van der Waals surface area contributed by atoms with E-state index in [1.165, 1.54) is 4.90 Å². The third kappa shape index (κ3) is 2.78. The lowest BCUT2D eigenvalue weighted by Crippen LogP contribution is -2.30. The minimum absolute atomic E-state index is 0.0970. The number of hydrogen-bond acceptors (Lipinski definition) is 5. The molecule has 1 heterocycles. The predicted octanol–water partition coefficient (Wildman–Crippen LogP) is 1.21. The zero-order chi connectivity index (χ0) is 12.3. The lowest BCUT2D eigenvalue weighted by atomic mass is 10.1. The summed E-state index contributed by atoms with van der Waals surface area (Å²) >= 11 is 1.07. The van der Waals surface area contributed by atoms with Gasteiger partial charge in [-0.1, -0.05) is 23.9 Å². The Morgan fingerprint density at radius 2 is 2.00 bits per heavy atom. The summed E-state index contributed by atoms with van der Waals surface area (Å²) in [4.78, 5) is 24.0. The fourth-order valence-corrected chi connectivity index (χ4v) is 2.36. The number of benzene rings is 1. The van der Waals surface area contributed by atoms with Crippen molar-refractivity contribution < 1.29 is 9.59 Å². The van der Waals surface area contributed by atoms with Gasteiger partial charge in [0.1, 0.15) is 0 Å². The van der Waals surface area contributed by atoms with Crippen LogP contribution >= 0.6 is 11.8 Å². The van der Waals surface area contributed by atoms with Gasteiger partial charge in [0.25, 0.3) is 5.24 Å². The second-order valence-corrected chi connectivity index (χ2v) is 4.62. The van der Waals surface area contributed by atoms with Crippen LogP contribution in [0.1, 0.15) is 5.56 Å². The molecule has 0 atom stereocenters. The quantitative estimate of drug-likeness (QED) is 0.621. The molecule has 17 heavy (non-hydrogen) atoms. The first-order valence-electron chi connectivity index (χ1n) is 5.23. The largest absolute Gasteiger partial charge is 0.324 e. The third-order valence-electron chi connectivity index (χ3n) is 2.59. The van der Waals surface area contributed by atoms with Crippen LogP contribution in [0, 0.1) is 0 Å². The number of hydrazine groups is 1. The normalized spacial score (nSPS) is 15.5. The van der Waals surface area contributed by atoms with Crippen molar-refractivity contribution in [1.29, 1.82) is 0 Å². The molecule has 0 aliphatic carbocycles. The van der Waals surface area contributed by atoms with Gasteiger partial charge in [0.2, 0.25) is 5.91 Å². The monoisotopic (exact) mass is 251 g/mol. The van der Waals surface area contributed by atoms with E-state index < -0.39 is 0 Å². The second kappa shape index (κ2) is 5.20. The van der Waals surface area contributed by atoms with Crippen LogP contribution < -0.4 is 11.3 Å². The Kier molecular flexibility index (Phi) is 3.65. The highest BCUT2D eigenvalue weighted by Crippen LogP contribution is 2.19. The highest BCUT2D eigenvalue weighted by atomic mass is 32.2. The van der Waals surface area contributed by atoms with E-state index in [9.17, 15) is 9.59 Å². The molecule has 3 N–H and O–H groups in total. The number of nitrogens with two attached hydrogens (primary N) is 1. The van der Waals surface area contributed by atoms with Gasteiger partial charge in [-0.15, -0.1) is 0 Å². The van der Waals surface area contributed by atoms with E-state index >= 15 is 0 Å². The molecule has 0 saturated carbocycles. The van der Waals surface area contributed by atoms with Gasteiger partial charge < -0.3 is 5.43 Å². The molecular formula is C11H13N3O2S. The number of hydrogen-bond donors (Lipinski definition) is 2. The number of nitrogens with one attached hydrogen (secondary N) is 1. The number of carbonyl (C=O) groups is 2. The number of carbonyl (C=O) groups excluding carboxylic acids is 2. The fraction of sp³-hybridized carbons (Fsp3) is 0.273. The molecule has 1 aromatic rings. The lowest BCUT2D eigenvalue weighted by molar-refractivity contribution is -0.124. The number of amides is 2. The van der Waals surface area contributed by atoms with Crippen LogP contribution in [-0.2, 0) is 11.2 Å². The van der Waals surface area contributed by atoms with Crippen molar-refractivity contribution in [2.75, 3.05) is 17.7 Å². The van der Waals surface area contributed by atoms with Gasteiger partial charge in [0.15, 0.2) is 0 Å². The topological polar surface area (TPSA) is 75.4 Å². The van der Waals surface area contributed by atoms with Crippen LogP contribution in [0.25, 0.3) is 0 Å².